The van der Waals surface area contributed by atoms with E-state index in [2.05, 4.69) is 210 Å². The third-order valence-electron chi connectivity index (χ3n) is 13.2. The number of rotatable bonds is 6. The molecule has 0 spiro atoms. The summed E-state index contributed by atoms with van der Waals surface area (Å²) in [6.07, 6.45) is 0. The van der Waals surface area contributed by atoms with Gasteiger partial charge in [-0.05, 0) is 163 Å². The summed E-state index contributed by atoms with van der Waals surface area (Å²) >= 11 is 0. The standard InChI is InChI=1S/C60H37FN2/c61-42-26-32-46(33-27-42)63-57-19-7-6-13-49(57)55-36-41(25-35-58(55)63)39-22-30-45(31-23-39)62(43-10-2-1-3-11-43)44-28-20-38(21-29-44)40-24-34-48-52-16-9-17-53-54-18-8-15-51(60(54)56(48)37-40)47-12-4-5-14-50(47)59(52)53/h1-37H. The van der Waals surface area contributed by atoms with Gasteiger partial charge in [0.2, 0.25) is 0 Å². The summed E-state index contributed by atoms with van der Waals surface area (Å²) in [6, 6.07) is 79.8. The minimum Gasteiger partial charge on any atom is -0.311 e. The van der Waals surface area contributed by atoms with Crippen molar-refractivity contribution in [2.24, 2.45) is 0 Å². The van der Waals surface area contributed by atoms with E-state index in [1.165, 1.54) is 78.9 Å². The second kappa shape index (κ2) is 13.9. The molecule has 13 rings (SSSR count). The van der Waals surface area contributed by atoms with Gasteiger partial charge in [0.05, 0.1) is 11.0 Å². The van der Waals surface area contributed by atoms with Gasteiger partial charge < -0.3 is 9.47 Å². The number of aromatic nitrogens is 1. The van der Waals surface area contributed by atoms with Crippen LogP contribution in [-0.4, -0.2) is 4.57 Å². The lowest BCUT2D eigenvalue weighted by Gasteiger charge is -2.26. The van der Waals surface area contributed by atoms with Crippen molar-refractivity contribution >= 4 is 38.9 Å². The zero-order valence-electron chi connectivity index (χ0n) is 34.1. The molecule has 63 heavy (non-hydrogen) atoms. The molecular formula is C60H37FN2. The predicted octanol–water partition coefficient (Wildman–Crippen LogP) is 16.7. The van der Waals surface area contributed by atoms with Crippen molar-refractivity contribution in [2.45, 2.75) is 0 Å². The zero-order valence-corrected chi connectivity index (χ0v) is 34.1. The molecule has 2 nitrogen and oxygen atoms in total. The van der Waals surface area contributed by atoms with Crippen LogP contribution in [-0.2, 0) is 0 Å². The Morgan fingerprint density at radius 3 is 1.46 bits per heavy atom. The molecule has 0 atom stereocenters. The summed E-state index contributed by atoms with van der Waals surface area (Å²) < 4.78 is 16.1. The maximum Gasteiger partial charge on any atom is 0.123 e. The molecule has 10 aromatic carbocycles. The number of nitrogens with zero attached hydrogens (tertiary/aromatic N) is 2. The van der Waals surface area contributed by atoms with Crippen molar-refractivity contribution in [3.8, 4) is 83.6 Å². The number of hydrogen-bond donors (Lipinski definition) is 0. The van der Waals surface area contributed by atoms with E-state index >= 15 is 0 Å². The van der Waals surface area contributed by atoms with Crippen LogP contribution in [0.15, 0.2) is 224 Å². The predicted molar refractivity (Wildman–Crippen MR) is 261 cm³/mol. The summed E-state index contributed by atoms with van der Waals surface area (Å²) in [5.74, 6) is -0.240. The monoisotopic (exact) mass is 804 g/mol. The molecule has 0 aliphatic heterocycles. The van der Waals surface area contributed by atoms with Crippen LogP contribution >= 0.6 is 0 Å². The molecule has 3 heteroatoms. The Morgan fingerprint density at radius 2 is 0.778 bits per heavy atom. The SMILES string of the molecule is Fc1ccc(-n2c3ccccc3c3cc(-c4ccc(N(c5ccccc5)c5ccc(-c6ccc7c(c6)-c6c8cccc6-c6cccc-7c6-c6ccccc6-8)cc5)cc4)ccc32)cc1. The summed E-state index contributed by atoms with van der Waals surface area (Å²) in [7, 11) is 0. The zero-order chi connectivity index (χ0) is 41.6. The molecule has 11 aromatic rings. The third kappa shape index (κ3) is 5.50. The highest BCUT2D eigenvalue weighted by atomic mass is 19.1. The highest BCUT2D eigenvalue weighted by Gasteiger charge is 2.30. The number of anilines is 3. The number of hydrogen-bond acceptors (Lipinski definition) is 1. The summed E-state index contributed by atoms with van der Waals surface area (Å²) in [5, 5.41) is 2.33. The molecule has 294 valence electrons. The third-order valence-corrected chi connectivity index (χ3v) is 13.2. The Bertz CT molecular complexity index is 3580. The molecule has 0 saturated heterocycles. The first kappa shape index (κ1) is 35.5. The molecule has 0 radical (unpaired) electrons. The molecule has 2 aliphatic carbocycles. The second-order valence-electron chi connectivity index (χ2n) is 16.6. The number of halogens is 1. The first-order chi connectivity index (χ1) is 31.2. The lowest BCUT2D eigenvalue weighted by molar-refractivity contribution is 0.627. The van der Waals surface area contributed by atoms with E-state index in [1.54, 1.807) is 0 Å². The Morgan fingerprint density at radius 1 is 0.302 bits per heavy atom. The van der Waals surface area contributed by atoms with Gasteiger partial charge in [-0.3, -0.25) is 0 Å². The Kier molecular flexibility index (Phi) is 7.82. The molecule has 0 N–H and O–H groups in total. The molecule has 0 amide bonds. The van der Waals surface area contributed by atoms with Crippen LogP contribution in [0.4, 0.5) is 21.5 Å². The largest absolute Gasteiger partial charge is 0.311 e. The first-order valence-electron chi connectivity index (χ1n) is 21.5. The van der Waals surface area contributed by atoms with E-state index in [4.69, 9.17) is 0 Å². The second-order valence-corrected chi connectivity index (χ2v) is 16.6. The fourth-order valence-electron chi connectivity index (χ4n) is 10.3. The Balaban J connectivity index is 0.864. The fourth-order valence-corrected chi connectivity index (χ4v) is 10.3. The summed E-state index contributed by atoms with van der Waals surface area (Å²) in [6.45, 7) is 0. The molecular weight excluding hydrogens is 768 g/mol. The minimum atomic E-state index is -0.240. The Hall–Kier alpha value is -8.27. The number of fused-ring (bicyclic) bond motifs is 7. The van der Waals surface area contributed by atoms with E-state index in [9.17, 15) is 4.39 Å². The van der Waals surface area contributed by atoms with Crippen molar-refractivity contribution in [1.82, 2.24) is 4.57 Å². The lowest BCUT2D eigenvalue weighted by Crippen LogP contribution is -2.09. The lowest BCUT2D eigenvalue weighted by atomic mass is 9.83. The summed E-state index contributed by atoms with van der Waals surface area (Å²) in [5.41, 5.74) is 24.0. The van der Waals surface area contributed by atoms with Gasteiger partial charge in [-0.15, -0.1) is 0 Å². The topological polar surface area (TPSA) is 8.17 Å². The number of benzene rings is 10. The molecule has 0 saturated carbocycles. The van der Waals surface area contributed by atoms with Gasteiger partial charge in [-0.25, -0.2) is 4.39 Å². The highest BCUT2D eigenvalue weighted by Crippen LogP contribution is 2.57. The first-order valence-corrected chi connectivity index (χ1v) is 21.5. The van der Waals surface area contributed by atoms with Crippen LogP contribution in [0.25, 0.3) is 105 Å². The van der Waals surface area contributed by atoms with Gasteiger partial charge in [0.15, 0.2) is 0 Å². The maximum atomic E-state index is 13.9. The van der Waals surface area contributed by atoms with E-state index in [0.29, 0.717) is 0 Å². The minimum absolute atomic E-state index is 0.240. The van der Waals surface area contributed by atoms with Gasteiger partial charge in [-0.2, -0.15) is 0 Å². The molecule has 0 fully saturated rings. The van der Waals surface area contributed by atoms with Crippen molar-refractivity contribution in [3.63, 3.8) is 0 Å². The average molecular weight is 805 g/mol. The van der Waals surface area contributed by atoms with E-state index in [-0.39, 0.29) is 5.82 Å². The van der Waals surface area contributed by atoms with Crippen molar-refractivity contribution in [3.05, 3.63) is 230 Å². The van der Waals surface area contributed by atoms with Gasteiger partial charge in [0, 0.05) is 33.5 Å². The van der Waals surface area contributed by atoms with Gasteiger partial charge in [0.25, 0.3) is 0 Å². The van der Waals surface area contributed by atoms with Crippen LogP contribution in [0.3, 0.4) is 0 Å². The van der Waals surface area contributed by atoms with Crippen molar-refractivity contribution in [2.75, 3.05) is 4.90 Å². The van der Waals surface area contributed by atoms with E-state index in [0.717, 1.165) is 55.7 Å². The van der Waals surface area contributed by atoms with Crippen molar-refractivity contribution in [1.29, 1.82) is 0 Å². The Labute approximate surface area is 365 Å². The van der Waals surface area contributed by atoms with Crippen LogP contribution in [0, 0.1) is 5.82 Å². The highest BCUT2D eigenvalue weighted by molar-refractivity contribution is 6.15. The van der Waals surface area contributed by atoms with Crippen LogP contribution in [0.5, 0.6) is 0 Å². The quantitative estimate of drug-likeness (QED) is 0.163. The smallest absolute Gasteiger partial charge is 0.123 e. The van der Waals surface area contributed by atoms with Crippen LogP contribution < -0.4 is 4.90 Å². The maximum absolute atomic E-state index is 13.9. The normalized spacial score (nSPS) is 11.9. The van der Waals surface area contributed by atoms with E-state index < -0.39 is 0 Å². The van der Waals surface area contributed by atoms with Gasteiger partial charge in [0.1, 0.15) is 5.82 Å². The number of para-hydroxylation sites is 2. The molecule has 0 unspecified atom stereocenters. The van der Waals surface area contributed by atoms with Crippen LogP contribution in [0.1, 0.15) is 0 Å². The molecule has 1 aromatic heterocycles. The molecule has 6 bridgehead atoms. The molecule has 2 aliphatic rings. The van der Waals surface area contributed by atoms with Gasteiger partial charge >= 0.3 is 0 Å². The fraction of sp³-hybridized carbons (Fsp3) is 0. The van der Waals surface area contributed by atoms with Gasteiger partial charge in [-0.1, -0.05) is 140 Å². The van der Waals surface area contributed by atoms with Crippen molar-refractivity contribution < 1.29 is 4.39 Å². The van der Waals surface area contributed by atoms with Crippen LogP contribution in [0.2, 0.25) is 0 Å². The summed E-state index contributed by atoms with van der Waals surface area (Å²) in [4.78, 5) is 2.32. The average Bonchev–Trinajstić information content (AvgIpc) is 3.62. The molecule has 1 heterocycles. The van der Waals surface area contributed by atoms with E-state index in [1.807, 2.05) is 12.1 Å².